The van der Waals surface area contributed by atoms with Crippen LogP contribution in [-0.4, -0.2) is 26.8 Å². The van der Waals surface area contributed by atoms with Crippen molar-refractivity contribution in [1.29, 1.82) is 0 Å². The number of hydrogen-bond acceptors (Lipinski definition) is 5. The van der Waals surface area contributed by atoms with Crippen LogP contribution in [0.15, 0.2) is 65.3 Å². The van der Waals surface area contributed by atoms with Gasteiger partial charge in [0.25, 0.3) is 11.8 Å². The predicted octanol–water partition coefficient (Wildman–Crippen LogP) is 3.23. The van der Waals surface area contributed by atoms with Gasteiger partial charge < -0.3 is 15.1 Å². The van der Waals surface area contributed by atoms with Crippen LogP contribution in [0.25, 0.3) is 11.0 Å². The number of nitrogens with one attached hydrogen (secondary N) is 2. The lowest BCUT2D eigenvalue weighted by Gasteiger charge is -2.11. The molecule has 8 nitrogen and oxygen atoms in total. The minimum Gasteiger partial charge on any atom is -0.467 e. The molecule has 146 valence electrons. The Bertz CT molecular complexity index is 1160. The highest BCUT2D eigenvalue weighted by Gasteiger charge is 2.15. The lowest BCUT2D eigenvalue weighted by molar-refractivity contribution is 0.0949. The van der Waals surface area contributed by atoms with Crippen LogP contribution in [0, 0.1) is 0 Å². The quantitative estimate of drug-likeness (QED) is 0.527. The maximum atomic E-state index is 12.7. The zero-order valence-corrected chi connectivity index (χ0v) is 15.8. The number of carbonyl (C=O) groups is 2. The van der Waals surface area contributed by atoms with Crippen molar-refractivity contribution in [2.24, 2.45) is 0 Å². The van der Waals surface area contributed by atoms with Gasteiger partial charge in [-0.05, 0) is 49.4 Å². The van der Waals surface area contributed by atoms with Crippen molar-refractivity contribution in [2.45, 2.75) is 20.0 Å². The van der Waals surface area contributed by atoms with Gasteiger partial charge in [-0.25, -0.2) is 4.68 Å². The molecule has 2 heterocycles. The third kappa shape index (κ3) is 3.86. The molecule has 8 heteroatoms. The summed E-state index contributed by atoms with van der Waals surface area (Å²) in [4.78, 5) is 25.3. The van der Waals surface area contributed by atoms with Gasteiger partial charge in [0.2, 0.25) is 0 Å². The monoisotopic (exact) mass is 389 g/mol. The van der Waals surface area contributed by atoms with Gasteiger partial charge in [0.15, 0.2) is 0 Å². The molecule has 0 saturated carbocycles. The summed E-state index contributed by atoms with van der Waals surface area (Å²) in [7, 11) is 0. The highest BCUT2D eigenvalue weighted by molar-refractivity contribution is 6.09. The molecule has 2 N–H and O–H groups in total. The summed E-state index contributed by atoms with van der Waals surface area (Å²) in [5.41, 5.74) is 2.73. The molecule has 0 spiro atoms. The number of hydrogen-bond donors (Lipinski definition) is 2. The Hall–Kier alpha value is -3.94. The largest absolute Gasteiger partial charge is 0.467 e. The van der Waals surface area contributed by atoms with E-state index >= 15 is 0 Å². The number of nitrogens with zero attached hydrogens (tertiary/aromatic N) is 3. The first kappa shape index (κ1) is 18.4. The van der Waals surface area contributed by atoms with Crippen LogP contribution < -0.4 is 10.6 Å². The SMILES string of the molecule is CCn1nnc2cc(C(=O)Nc3ccccc3C(=O)NCc3ccco3)ccc21. The number of rotatable bonds is 6. The first-order valence-electron chi connectivity index (χ1n) is 9.20. The van der Waals surface area contributed by atoms with E-state index in [1.165, 1.54) is 0 Å². The average Bonchev–Trinajstić information content (AvgIpc) is 3.41. The second-order valence-corrected chi connectivity index (χ2v) is 6.37. The van der Waals surface area contributed by atoms with Crippen molar-refractivity contribution in [3.05, 3.63) is 77.7 Å². The lowest BCUT2D eigenvalue weighted by atomic mass is 10.1. The molecule has 0 saturated heterocycles. The van der Waals surface area contributed by atoms with Gasteiger partial charge in [-0.2, -0.15) is 0 Å². The number of furan rings is 1. The molecule has 2 aromatic carbocycles. The van der Waals surface area contributed by atoms with E-state index in [-0.39, 0.29) is 18.4 Å². The first-order chi connectivity index (χ1) is 14.2. The number of aromatic nitrogens is 3. The number of anilines is 1. The molecule has 0 fully saturated rings. The molecule has 2 amide bonds. The third-order valence-electron chi connectivity index (χ3n) is 4.50. The van der Waals surface area contributed by atoms with Crippen LogP contribution in [0.1, 0.15) is 33.4 Å². The normalized spacial score (nSPS) is 10.8. The molecule has 0 aliphatic carbocycles. The molecule has 0 radical (unpaired) electrons. The minimum atomic E-state index is -0.329. The number of aryl methyl sites for hydroxylation is 1. The van der Waals surface area contributed by atoms with E-state index < -0.39 is 0 Å². The number of fused-ring (bicyclic) bond motifs is 1. The summed E-state index contributed by atoms with van der Waals surface area (Å²) < 4.78 is 6.98. The van der Waals surface area contributed by atoms with E-state index in [0.29, 0.717) is 34.6 Å². The van der Waals surface area contributed by atoms with Crippen LogP contribution in [0.3, 0.4) is 0 Å². The topological polar surface area (TPSA) is 102 Å². The van der Waals surface area contributed by atoms with Gasteiger partial charge in [-0.15, -0.1) is 5.10 Å². The molecule has 0 bridgehead atoms. The Morgan fingerprint density at radius 3 is 2.72 bits per heavy atom. The summed E-state index contributed by atoms with van der Waals surface area (Å²) in [5.74, 6) is 0.0103. The number of para-hydroxylation sites is 1. The van der Waals surface area contributed by atoms with Crippen molar-refractivity contribution in [3.8, 4) is 0 Å². The third-order valence-corrected chi connectivity index (χ3v) is 4.50. The van der Waals surface area contributed by atoms with Crippen molar-refractivity contribution in [2.75, 3.05) is 5.32 Å². The number of carbonyl (C=O) groups excluding carboxylic acids is 2. The molecule has 0 atom stereocenters. The molecule has 4 rings (SSSR count). The lowest BCUT2D eigenvalue weighted by Crippen LogP contribution is -2.24. The van der Waals surface area contributed by atoms with Crippen LogP contribution in [0.2, 0.25) is 0 Å². The molecule has 29 heavy (non-hydrogen) atoms. The zero-order valence-electron chi connectivity index (χ0n) is 15.8. The fourth-order valence-electron chi connectivity index (χ4n) is 3.01. The molecular formula is C21H19N5O3. The van der Waals surface area contributed by atoms with Gasteiger partial charge in [-0.3, -0.25) is 9.59 Å². The second-order valence-electron chi connectivity index (χ2n) is 6.37. The summed E-state index contributed by atoms with van der Waals surface area (Å²) >= 11 is 0. The Kier molecular flexibility index (Phi) is 5.07. The highest BCUT2D eigenvalue weighted by Crippen LogP contribution is 2.18. The Morgan fingerprint density at radius 2 is 1.93 bits per heavy atom. The van der Waals surface area contributed by atoms with E-state index in [9.17, 15) is 9.59 Å². The van der Waals surface area contributed by atoms with Gasteiger partial charge in [-0.1, -0.05) is 17.3 Å². The molecule has 2 aromatic heterocycles. The standard InChI is InChI=1S/C21H19N5O3/c1-2-26-19-10-9-14(12-18(19)24-25-26)20(27)23-17-8-4-3-7-16(17)21(28)22-13-15-6-5-11-29-15/h3-12H,2,13H2,1H3,(H,22,28)(H,23,27). The van der Waals surface area contributed by atoms with Gasteiger partial charge in [0, 0.05) is 12.1 Å². The molecular weight excluding hydrogens is 370 g/mol. The average molecular weight is 389 g/mol. The second kappa shape index (κ2) is 7.97. The molecule has 0 aliphatic heterocycles. The maximum Gasteiger partial charge on any atom is 0.255 e. The highest BCUT2D eigenvalue weighted by atomic mass is 16.3. The Morgan fingerprint density at radius 1 is 1.07 bits per heavy atom. The predicted molar refractivity (Wildman–Crippen MR) is 107 cm³/mol. The van der Waals surface area contributed by atoms with Crippen LogP contribution in [0.5, 0.6) is 0 Å². The Balaban J connectivity index is 1.51. The smallest absolute Gasteiger partial charge is 0.255 e. The van der Waals surface area contributed by atoms with Crippen molar-refractivity contribution >= 4 is 28.5 Å². The van der Waals surface area contributed by atoms with Gasteiger partial charge in [0.05, 0.1) is 29.6 Å². The van der Waals surface area contributed by atoms with Crippen LogP contribution in [0.4, 0.5) is 5.69 Å². The van der Waals surface area contributed by atoms with Crippen molar-refractivity contribution in [3.63, 3.8) is 0 Å². The fraction of sp³-hybridized carbons (Fsp3) is 0.143. The number of amides is 2. The molecule has 0 unspecified atom stereocenters. The van der Waals surface area contributed by atoms with E-state index in [1.54, 1.807) is 59.5 Å². The van der Waals surface area contributed by atoms with Gasteiger partial charge in [0.1, 0.15) is 11.3 Å². The van der Waals surface area contributed by atoms with E-state index in [1.807, 2.05) is 13.0 Å². The summed E-state index contributed by atoms with van der Waals surface area (Å²) in [6.07, 6.45) is 1.55. The van der Waals surface area contributed by atoms with E-state index in [4.69, 9.17) is 4.42 Å². The number of benzene rings is 2. The van der Waals surface area contributed by atoms with Crippen molar-refractivity contribution < 1.29 is 14.0 Å². The van der Waals surface area contributed by atoms with E-state index in [2.05, 4.69) is 20.9 Å². The maximum absolute atomic E-state index is 12.7. The molecule has 4 aromatic rings. The minimum absolute atomic E-state index is 0.262. The van der Waals surface area contributed by atoms with E-state index in [0.717, 1.165) is 5.52 Å². The zero-order chi connectivity index (χ0) is 20.2. The fourth-order valence-corrected chi connectivity index (χ4v) is 3.01. The van der Waals surface area contributed by atoms with Crippen molar-refractivity contribution in [1.82, 2.24) is 20.3 Å². The summed E-state index contributed by atoms with van der Waals surface area (Å²) in [6.45, 7) is 2.93. The first-order valence-corrected chi connectivity index (χ1v) is 9.20. The summed E-state index contributed by atoms with van der Waals surface area (Å²) in [6, 6.07) is 15.6. The van der Waals surface area contributed by atoms with Crippen LogP contribution >= 0.6 is 0 Å². The van der Waals surface area contributed by atoms with Gasteiger partial charge >= 0.3 is 0 Å². The van der Waals surface area contributed by atoms with Crippen LogP contribution in [-0.2, 0) is 13.1 Å². The molecule has 0 aliphatic rings. The Labute approximate surface area is 166 Å². The summed E-state index contributed by atoms with van der Waals surface area (Å²) in [5, 5.41) is 13.7.